The number of hydrogen-bond acceptors (Lipinski definition) is 3. The van der Waals surface area contributed by atoms with E-state index in [9.17, 15) is 4.79 Å². The summed E-state index contributed by atoms with van der Waals surface area (Å²) in [5, 5.41) is 6.23. The quantitative estimate of drug-likeness (QED) is 0.681. The van der Waals surface area contributed by atoms with Crippen molar-refractivity contribution < 1.29 is 4.79 Å². The molecule has 0 radical (unpaired) electrons. The molecular formula is C11H18N4O. The van der Waals surface area contributed by atoms with Gasteiger partial charge in [-0.05, 0) is 25.8 Å². The van der Waals surface area contributed by atoms with E-state index in [4.69, 9.17) is 0 Å². The fourth-order valence-corrected chi connectivity index (χ4v) is 1.97. The lowest BCUT2D eigenvalue weighted by molar-refractivity contribution is -0.121. The number of carbonyl (C=O) groups is 1. The van der Waals surface area contributed by atoms with Crippen LogP contribution in [0.5, 0.6) is 0 Å². The van der Waals surface area contributed by atoms with Crippen molar-refractivity contribution in [1.29, 1.82) is 0 Å². The van der Waals surface area contributed by atoms with Crippen LogP contribution in [0.1, 0.15) is 31.5 Å². The van der Waals surface area contributed by atoms with E-state index in [1.807, 2.05) is 0 Å². The lowest BCUT2D eigenvalue weighted by Crippen LogP contribution is -2.27. The molecule has 1 saturated heterocycles. The van der Waals surface area contributed by atoms with Gasteiger partial charge in [0.25, 0.3) is 0 Å². The number of hydrogen-bond donors (Lipinski definition) is 3. The Morgan fingerprint density at radius 2 is 2.56 bits per heavy atom. The van der Waals surface area contributed by atoms with Crippen LogP contribution in [-0.4, -0.2) is 28.5 Å². The van der Waals surface area contributed by atoms with Crippen LogP contribution in [0.4, 0.5) is 0 Å². The van der Waals surface area contributed by atoms with Crippen molar-refractivity contribution in [2.45, 2.75) is 38.3 Å². The summed E-state index contributed by atoms with van der Waals surface area (Å²) in [6, 6.07) is 0.536. The van der Waals surface area contributed by atoms with Crippen molar-refractivity contribution in [2.75, 3.05) is 6.54 Å². The third-order valence-corrected chi connectivity index (χ3v) is 2.89. The molecule has 1 fully saturated rings. The molecule has 1 amide bonds. The van der Waals surface area contributed by atoms with Gasteiger partial charge in [0, 0.05) is 24.9 Å². The summed E-state index contributed by atoms with van der Waals surface area (Å²) in [5.41, 5.74) is 0. The first-order chi connectivity index (χ1) is 7.84. The van der Waals surface area contributed by atoms with Gasteiger partial charge in [-0.15, -0.1) is 0 Å². The summed E-state index contributed by atoms with van der Waals surface area (Å²) in [6.45, 7) is 1.59. The maximum absolute atomic E-state index is 11.5. The second-order valence-corrected chi connectivity index (χ2v) is 4.14. The van der Waals surface area contributed by atoms with Gasteiger partial charge in [0.05, 0.1) is 6.54 Å². The fourth-order valence-electron chi connectivity index (χ4n) is 1.97. The molecule has 1 unspecified atom stereocenters. The summed E-state index contributed by atoms with van der Waals surface area (Å²) >= 11 is 0. The topological polar surface area (TPSA) is 69.8 Å². The van der Waals surface area contributed by atoms with Gasteiger partial charge >= 0.3 is 0 Å². The molecule has 1 aliphatic heterocycles. The van der Waals surface area contributed by atoms with E-state index < -0.39 is 0 Å². The Morgan fingerprint density at radius 1 is 1.62 bits per heavy atom. The van der Waals surface area contributed by atoms with Crippen molar-refractivity contribution >= 4 is 5.91 Å². The molecule has 0 aromatic carbocycles. The number of aromatic nitrogens is 2. The number of imidazole rings is 1. The van der Waals surface area contributed by atoms with E-state index in [2.05, 4.69) is 20.6 Å². The van der Waals surface area contributed by atoms with Crippen molar-refractivity contribution in [3.05, 3.63) is 18.2 Å². The van der Waals surface area contributed by atoms with Gasteiger partial charge in [0.15, 0.2) is 0 Å². The molecule has 0 saturated carbocycles. The molecule has 1 atom stereocenters. The van der Waals surface area contributed by atoms with E-state index in [1.165, 1.54) is 12.8 Å². The third-order valence-electron chi connectivity index (χ3n) is 2.89. The van der Waals surface area contributed by atoms with Gasteiger partial charge < -0.3 is 15.6 Å². The number of aromatic amines is 1. The molecule has 5 nitrogen and oxygen atoms in total. The summed E-state index contributed by atoms with van der Waals surface area (Å²) in [6.07, 6.45) is 7.40. The zero-order valence-corrected chi connectivity index (χ0v) is 9.33. The first-order valence-corrected chi connectivity index (χ1v) is 5.83. The second kappa shape index (κ2) is 5.65. The number of H-pyrrole nitrogens is 1. The number of rotatable bonds is 5. The maximum atomic E-state index is 11.5. The highest BCUT2D eigenvalue weighted by Gasteiger charge is 2.14. The lowest BCUT2D eigenvalue weighted by Gasteiger charge is -2.09. The Morgan fingerprint density at radius 3 is 3.25 bits per heavy atom. The predicted molar refractivity (Wildman–Crippen MR) is 60.7 cm³/mol. The molecule has 1 aromatic rings. The van der Waals surface area contributed by atoms with Crippen molar-refractivity contribution in [2.24, 2.45) is 0 Å². The summed E-state index contributed by atoms with van der Waals surface area (Å²) in [5.74, 6) is 0.900. The first-order valence-electron chi connectivity index (χ1n) is 5.83. The molecule has 0 bridgehead atoms. The van der Waals surface area contributed by atoms with Crippen LogP contribution in [0.25, 0.3) is 0 Å². The number of nitrogens with zero attached hydrogens (tertiary/aromatic N) is 1. The van der Waals surface area contributed by atoms with Crippen LogP contribution < -0.4 is 10.6 Å². The fraction of sp³-hybridized carbons (Fsp3) is 0.636. The minimum absolute atomic E-state index is 0.102. The average molecular weight is 222 g/mol. The standard InChI is InChI=1S/C11H18N4O/c16-11(4-3-9-2-1-5-12-9)15-8-10-13-6-7-14-10/h6-7,9,12H,1-5,8H2,(H,13,14)(H,15,16). The normalized spacial score (nSPS) is 19.9. The zero-order chi connectivity index (χ0) is 11.2. The molecule has 0 aliphatic carbocycles. The van der Waals surface area contributed by atoms with E-state index in [-0.39, 0.29) is 5.91 Å². The van der Waals surface area contributed by atoms with Crippen LogP contribution in [0, 0.1) is 0 Å². The number of carbonyl (C=O) groups excluding carboxylic acids is 1. The van der Waals surface area contributed by atoms with E-state index >= 15 is 0 Å². The van der Waals surface area contributed by atoms with E-state index in [0.717, 1.165) is 18.8 Å². The van der Waals surface area contributed by atoms with Crippen molar-refractivity contribution in [3.63, 3.8) is 0 Å². The Bertz CT molecular complexity index is 317. The molecule has 3 N–H and O–H groups in total. The monoisotopic (exact) mass is 222 g/mol. The largest absolute Gasteiger partial charge is 0.349 e. The maximum Gasteiger partial charge on any atom is 0.220 e. The number of nitrogens with one attached hydrogen (secondary N) is 3. The minimum Gasteiger partial charge on any atom is -0.349 e. The third kappa shape index (κ3) is 3.34. The van der Waals surface area contributed by atoms with Crippen molar-refractivity contribution in [3.8, 4) is 0 Å². The molecule has 2 heterocycles. The molecule has 88 valence electrons. The second-order valence-electron chi connectivity index (χ2n) is 4.14. The number of amides is 1. The molecule has 0 spiro atoms. The van der Waals surface area contributed by atoms with E-state index in [0.29, 0.717) is 19.0 Å². The van der Waals surface area contributed by atoms with Crippen LogP contribution in [0.2, 0.25) is 0 Å². The van der Waals surface area contributed by atoms with Crippen LogP contribution >= 0.6 is 0 Å². The lowest BCUT2D eigenvalue weighted by atomic mass is 10.1. The highest BCUT2D eigenvalue weighted by molar-refractivity contribution is 5.75. The zero-order valence-electron chi connectivity index (χ0n) is 9.33. The Kier molecular flexibility index (Phi) is 3.93. The first kappa shape index (κ1) is 11.1. The molecule has 2 rings (SSSR count). The highest BCUT2D eigenvalue weighted by Crippen LogP contribution is 2.10. The van der Waals surface area contributed by atoms with Crippen LogP contribution in [-0.2, 0) is 11.3 Å². The van der Waals surface area contributed by atoms with Gasteiger partial charge in [0.2, 0.25) is 5.91 Å². The Labute approximate surface area is 95.0 Å². The summed E-state index contributed by atoms with van der Waals surface area (Å²) in [4.78, 5) is 18.5. The van der Waals surface area contributed by atoms with Gasteiger partial charge in [-0.1, -0.05) is 0 Å². The molecule has 1 aliphatic rings. The van der Waals surface area contributed by atoms with Gasteiger partial charge in [-0.3, -0.25) is 4.79 Å². The Balaban J connectivity index is 1.60. The Hall–Kier alpha value is -1.36. The highest BCUT2D eigenvalue weighted by atomic mass is 16.1. The predicted octanol–water partition coefficient (Wildman–Crippen LogP) is 0.558. The molecule has 5 heteroatoms. The minimum atomic E-state index is 0.102. The van der Waals surface area contributed by atoms with Crippen molar-refractivity contribution in [1.82, 2.24) is 20.6 Å². The molecule has 16 heavy (non-hydrogen) atoms. The van der Waals surface area contributed by atoms with Gasteiger partial charge in [0.1, 0.15) is 5.82 Å². The average Bonchev–Trinajstić information content (AvgIpc) is 2.96. The molecule has 1 aromatic heterocycles. The van der Waals surface area contributed by atoms with Gasteiger partial charge in [-0.25, -0.2) is 4.98 Å². The van der Waals surface area contributed by atoms with Crippen LogP contribution in [0.3, 0.4) is 0 Å². The summed E-state index contributed by atoms with van der Waals surface area (Å²) in [7, 11) is 0. The van der Waals surface area contributed by atoms with Crippen LogP contribution in [0.15, 0.2) is 12.4 Å². The summed E-state index contributed by atoms with van der Waals surface area (Å²) < 4.78 is 0. The SMILES string of the molecule is O=C(CCC1CCCN1)NCc1ncc[nH]1. The smallest absolute Gasteiger partial charge is 0.220 e. The molecular weight excluding hydrogens is 204 g/mol. The van der Waals surface area contributed by atoms with E-state index in [1.54, 1.807) is 12.4 Å². The van der Waals surface area contributed by atoms with Gasteiger partial charge in [-0.2, -0.15) is 0 Å².